The predicted molar refractivity (Wildman–Crippen MR) is 132 cm³/mol. The van der Waals surface area contributed by atoms with Crippen molar-refractivity contribution >= 4 is 17.2 Å². The third-order valence-electron chi connectivity index (χ3n) is 5.55. The van der Waals surface area contributed by atoms with Crippen LogP contribution >= 0.6 is 12.2 Å². The third-order valence-corrected chi connectivity index (χ3v) is 5.79. The van der Waals surface area contributed by atoms with Crippen LogP contribution < -0.4 is 5.73 Å². The number of nitrogens with two attached hydrogens (primary N) is 1. The Morgan fingerprint density at radius 3 is 1.64 bits per heavy atom. The molecule has 33 heavy (non-hydrogen) atoms. The smallest absolute Gasteiger partial charge is 0.137 e. The Morgan fingerprint density at radius 2 is 1.15 bits per heavy atom. The molecular formula is C27H29NO4S. The number of benzene rings is 3. The van der Waals surface area contributed by atoms with Gasteiger partial charge in [-0.15, -0.1) is 0 Å². The molecule has 3 aromatic rings. The summed E-state index contributed by atoms with van der Waals surface area (Å²) < 4.78 is 24.8. The molecule has 1 fully saturated rings. The van der Waals surface area contributed by atoms with Crippen molar-refractivity contribution in [2.75, 3.05) is 6.61 Å². The zero-order valence-electron chi connectivity index (χ0n) is 18.4. The van der Waals surface area contributed by atoms with E-state index in [2.05, 4.69) is 0 Å². The van der Waals surface area contributed by atoms with Crippen LogP contribution in [0.3, 0.4) is 0 Å². The van der Waals surface area contributed by atoms with Crippen molar-refractivity contribution in [3.63, 3.8) is 0 Å². The first-order valence-corrected chi connectivity index (χ1v) is 11.5. The highest BCUT2D eigenvalue weighted by Crippen LogP contribution is 2.29. The second kappa shape index (κ2) is 12.0. The summed E-state index contributed by atoms with van der Waals surface area (Å²) in [5, 5.41) is 0. The Bertz CT molecular complexity index is 987. The van der Waals surface area contributed by atoms with Crippen molar-refractivity contribution in [2.45, 2.75) is 44.2 Å². The van der Waals surface area contributed by atoms with E-state index >= 15 is 0 Å². The molecular weight excluding hydrogens is 434 g/mol. The van der Waals surface area contributed by atoms with E-state index in [0.717, 1.165) is 16.7 Å². The fourth-order valence-corrected chi connectivity index (χ4v) is 4.06. The summed E-state index contributed by atoms with van der Waals surface area (Å²) in [4.78, 5) is 0.256. The van der Waals surface area contributed by atoms with E-state index in [1.165, 1.54) is 0 Å². The molecule has 0 bridgehead atoms. The van der Waals surface area contributed by atoms with Crippen LogP contribution in [0, 0.1) is 0 Å². The maximum atomic E-state index is 6.34. The lowest BCUT2D eigenvalue weighted by Gasteiger charge is -2.25. The van der Waals surface area contributed by atoms with Crippen molar-refractivity contribution in [3.8, 4) is 0 Å². The molecule has 0 aromatic heterocycles. The molecule has 0 radical (unpaired) electrons. The van der Waals surface area contributed by atoms with Gasteiger partial charge in [-0.25, -0.2) is 0 Å². The molecule has 0 saturated carbocycles. The van der Waals surface area contributed by atoms with E-state index in [1.807, 2.05) is 91.0 Å². The molecule has 0 amide bonds. The molecule has 1 saturated heterocycles. The molecule has 4 rings (SSSR count). The van der Waals surface area contributed by atoms with Crippen LogP contribution in [0.2, 0.25) is 0 Å². The van der Waals surface area contributed by atoms with Gasteiger partial charge in [0.05, 0.1) is 26.4 Å². The lowest BCUT2D eigenvalue weighted by atomic mass is 10.1. The lowest BCUT2D eigenvalue weighted by Crippen LogP contribution is -2.42. The molecule has 6 heteroatoms. The van der Waals surface area contributed by atoms with E-state index in [1.54, 1.807) is 0 Å². The lowest BCUT2D eigenvalue weighted by molar-refractivity contribution is -0.0896. The molecule has 172 valence electrons. The standard InChI is InChI=1S/C27H29NO4S/c28-27(33)26-25(31-18-22-14-8-3-9-15-22)24(30-17-21-12-6-2-7-13-21)23(32-26)19-29-16-20-10-4-1-5-11-20/h1-15,23-26H,16-19H2,(H2,28,33)/t23-,24-,25-,26+/m1/s1. The van der Waals surface area contributed by atoms with Crippen molar-refractivity contribution in [2.24, 2.45) is 5.73 Å². The fourth-order valence-electron chi connectivity index (χ4n) is 3.88. The zero-order valence-corrected chi connectivity index (χ0v) is 19.2. The van der Waals surface area contributed by atoms with Gasteiger partial charge in [0.1, 0.15) is 29.4 Å². The monoisotopic (exact) mass is 463 g/mol. The highest BCUT2D eigenvalue weighted by atomic mass is 32.1. The SMILES string of the molecule is NC(=S)[C@H]1O[C@H](COCc2ccccc2)[C@@H](OCc2ccccc2)[C@H]1OCc1ccccc1. The number of hydrogen-bond donors (Lipinski definition) is 1. The Balaban J connectivity index is 1.46. The van der Waals surface area contributed by atoms with Gasteiger partial charge in [0.15, 0.2) is 0 Å². The molecule has 0 spiro atoms. The van der Waals surface area contributed by atoms with E-state index in [4.69, 9.17) is 36.9 Å². The highest BCUT2D eigenvalue weighted by Gasteiger charge is 2.47. The van der Waals surface area contributed by atoms with Crippen molar-refractivity contribution in [1.82, 2.24) is 0 Å². The molecule has 1 heterocycles. The van der Waals surface area contributed by atoms with Crippen LogP contribution in [0.5, 0.6) is 0 Å². The van der Waals surface area contributed by atoms with Gasteiger partial charge in [0.2, 0.25) is 0 Å². The van der Waals surface area contributed by atoms with Crippen molar-refractivity contribution < 1.29 is 18.9 Å². The molecule has 0 unspecified atom stereocenters. The maximum Gasteiger partial charge on any atom is 0.137 e. The number of thiocarbonyl (C=S) groups is 1. The average molecular weight is 464 g/mol. The normalized spacial score (nSPS) is 22.3. The minimum absolute atomic E-state index is 0.256. The van der Waals surface area contributed by atoms with E-state index in [0.29, 0.717) is 26.4 Å². The summed E-state index contributed by atoms with van der Waals surface area (Å²) in [6.45, 7) is 1.67. The third kappa shape index (κ3) is 6.69. The van der Waals surface area contributed by atoms with E-state index in [9.17, 15) is 0 Å². The van der Waals surface area contributed by atoms with Gasteiger partial charge >= 0.3 is 0 Å². The van der Waals surface area contributed by atoms with Gasteiger partial charge in [0, 0.05) is 0 Å². The number of rotatable bonds is 11. The topological polar surface area (TPSA) is 62.9 Å². The second-order valence-corrected chi connectivity index (χ2v) is 8.49. The summed E-state index contributed by atoms with van der Waals surface area (Å²) in [6, 6.07) is 30.0. The molecule has 2 N–H and O–H groups in total. The van der Waals surface area contributed by atoms with Crippen LogP contribution in [0.25, 0.3) is 0 Å². The van der Waals surface area contributed by atoms with Crippen LogP contribution in [0.1, 0.15) is 16.7 Å². The Morgan fingerprint density at radius 1 is 0.697 bits per heavy atom. The fraction of sp³-hybridized carbons (Fsp3) is 0.296. The Hall–Kier alpha value is -2.61. The minimum Gasteiger partial charge on any atom is -0.391 e. The first-order valence-electron chi connectivity index (χ1n) is 11.1. The predicted octanol–water partition coefficient (Wildman–Crippen LogP) is 4.43. The summed E-state index contributed by atoms with van der Waals surface area (Å²) in [5.41, 5.74) is 9.27. The quantitative estimate of drug-likeness (QED) is 0.425. The van der Waals surface area contributed by atoms with Gasteiger partial charge in [-0.05, 0) is 16.7 Å². The summed E-state index contributed by atoms with van der Waals surface area (Å²) >= 11 is 5.31. The van der Waals surface area contributed by atoms with E-state index in [-0.39, 0.29) is 17.2 Å². The van der Waals surface area contributed by atoms with Gasteiger partial charge in [0.25, 0.3) is 0 Å². The average Bonchev–Trinajstić information content (AvgIpc) is 3.21. The summed E-state index contributed by atoms with van der Waals surface area (Å²) in [5.74, 6) is 0. The Labute approximate surface area is 200 Å². The van der Waals surface area contributed by atoms with Crippen LogP contribution in [-0.4, -0.2) is 36.0 Å². The van der Waals surface area contributed by atoms with Gasteiger partial charge in [-0.3, -0.25) is 0 Å². The highest BCUT2D eigenvalue weighted by molar-refractivity contribution is 7.80. The van der Waals surface area contributed by atoms with Crippen molar-refractivity contribution in [1.29, 1.82) is 0 Å². The molecule has 4 atom stereocenters. The van der Waals surface area contributed by atoms with Gasteiger partial charge in [-0.1, -0.05) is 103 Å². The molecule has 5 nitrogen and oxygen atoms in total. The van der Waals surface area contributed by atoms with Gasteiger partial charge in [-0.2, -0.15) is 0 Å². The first-order chi connectivity index (χ1) is 16.2. The molecule has 1 aliphatic rings. The second-order valence-electron chi connectivity index (χ2n) is 8.02. The Kier molecular flexibility index (Phi) is 8.58. The summed E-state index contributed by atoms with van der Waals surface area (Å²) in [7, 11) is 0. The molecule has 0 aliphatic carbocycles. The molecule has 1 aliphatic heterocycles. The number of hydrogen-bond acceptors (Lipinski definition) is 5. The largest absolute Gasteiger partial charge is 0.391 e. The molecule has 3 aromatic carbocycles. The minimum atomic E-state index is -0.546. The summed E-state index contributed by atoms with van der Waals surface area (Å²) in [6.07, 6.45) is -1.72. The number of ether oxygens (including phenoxy) is 4. The zero-order chi connectivity index (χ0) is 22.9. The van der Waals surface area contributed by atoms with Crippen LogP contribution in [0.4, 0.5) is 0 Å². The first kappa shape index (κ1) is 23.5. The maximum absolute atomic E-state index is 6.34. The van der Waals surface area contributed by atoms with Crippen molar-refractivity contribution in [3.05, 3.63) is 108 Å². The van der Waals surface area contributed by atoms with E-state index < -0.39 is 12.2 Å². The van der Waals surface area contributed by atoms with Crippen LogP contribution in [0.15, 0.2) is 91.0 Å². The van der Waals surface area contributed by atoms with Crippen LogP contribution in [-0.2, 0) is 38.8 Å². The van der Waals surface area contributed by atoms with Gasteiger partial charge < -0.3 is 24.7 Å².